The van der Waals surface area contributed by atoms with Crippen LogP contribution < -0.4 is 10.5 Å². The third kappa shape index (κ3) is 4.14. The Morgan fingerprint density at radius 3 is 2.80 bits per heavy atom. The summed E-state index contributed by atoms with van der Waals surface area (Å²) < 4.78 is 10.7. The third-order valence-electron chi connectivity index (χ3n) is 1.91. The minimum atomic E-state index is 0.490. The molecule has 0 unspecified atom stereocenters. The van der Waals surface area contributed by atoms with E-state index in [0.29, 0.717) is 26.4 Å². The van der Waals surface area contributed by atoms with Crippen LogP contribution in [0.4, 0.5) is 0 Å². The summed E-state index contributed by atoms with van der Waals surface area (Å²) in [4.78, 5) is 0. The van der Waals surface area contributed by atoms with Crippen molar-refractivity contribution in [3.8, 4) is 5.75 Å². The Balaban J connectivity index is 2.33. The molecule has 0 aromatic heterocycles. The number of para-hydroxylation sites is 1. The highest BCUT2D eigenvalue weighted by atomic mass is 16.5. The molecule has 0 saturated carbocycles. The van der Waals surface area contributed by atoms with Crippen molar-refractivity contribution in [2.24, 2.45) is 5.73 Å². The summed E-state index contributed by atoms with van der Waals surface area (Å²) >= 11 is 0. The van der Waals surface area contributed by atoms with Crippen molar-refractivity contribution in [1.82, 2.24) is 0 Å². The second kappa shape index (κ2) is 7.04. The van der Waals surface area contributed by atoms with Gasteiger partial charge in [-0.05, 0) is 6.07 Å². The molecule has 1 aromatic rings. The van der Waals surface area contributed by atoms with E-state index in [2.05, 4.69) is 6.58 Å². The maximum atomic E-state index is 5.58. The van der Waals surface area contributed by atoms with Crippen LogP contribution in [0, 0.1) is 0 Å². The lowest BCUT2D eigenvalue weighted by Gasteiger charge is -2.09. The molecular formula is C12H17NO2. The molecule has 0 bridgehead atoms. The minimum Gasteiger partial charge on any atom is -0.491 e. The number of ether oxygens (including phenoxy) is 2. The van der Waals surface area contributed by atoms with E-state index in [4.69, 9.17) is 15.2 Å². The van der Waals surface area contributed by atoms with Crippen LogP contribution in [0.3, 0.4) is 0 Å². The monoisotopic (exact) mass is 207 g/mol. The van der Waals surface area contributed by atoms with Gasteiger partial charge in [-0.25, -0.2) is 0 Å². The van der Waals surface area contributed by atoms with Crippen LogP contribution in [0.15, 0.2) is 36.9 Å². The van der Waals surface area contributed by atoms with Gasteiger partial charge in [0.25, 0.3) is 0 Å². The SMILES string of the molecule is C=CCOCCOc1ccccc1CN. The summed E-state index contributed by atoms with van der Waals surface area (Å²) in [6.07, 6.45) is 1.72. The van der Waals surface area contributed by atoms with Gasteiger partial charge in [-0.2, -0.15) is 0 Å². The van der Waals surface area contributed by atoms with Crippen LogP contribution in [0.25, 0.3) is 0 Å². The molecule has 0 spiro atoms. The Labute approximate surface area is 90.5 Å². The molecule has 15 heavy (non-hydrogen) atoms. The molecule has 3 nitrogen and oxygen atoms in total. The third-order valence-corrected chi connectivity index (χ3v) is 1.91. The molecule has 2 N–H and O–H groups in total. The van der Waals surface area contributed by atoms with E-state index in [1.54, 1.807) is 6.08 Å². The number of nitrogens with two attached hydrogens (primary N) is 1. The normalized spacial score (nSPS) is 9.93. The molecule has 1 aromatic carbocycles. The minimum absolute atomic E-state index is 0.490. The summed E-state index contributed by atoms with van der Waals surface area (Å²) in [5, 5.41) is 0. The molecular weight excluding hydrogens is 190 g/mol. The summed E-state index contributed by atoms with van der Waals surface area (Å²) in [5.74, 6) is 0.835. The van der Waals surface area contributed by atoms with Gasteiger partial charge in [-0.15, -0.1) is 6.58 Å². The maximum Gasteiger partial charge on any atom is 0.123 e. The fraction of sp³-hybridized carbons (Fsp3) is 0.333. The zero-order valence-electron chi connectivity index (χ0n) is 8.82. The van der Waals surface area contributed by atoms with Gasteiger partial charge < -0.3 is 15.2 Å². The smallest absolute Gasteiger partial charge is 0.123 e. The Kier molecular flexibility index (Phi) is 5.51. The van der Waals surface area contributed by atoms with E-state index >= 15 is 0 Å². The van der Waals surface area contributed by atoms with Crippen molar-refractivity contribution in [1.29, 1.82) is 0 Å². The summed E-state index contributed by atoms with van der Waals surface area (Å²) in [7, 11) is 0. The number of benzene rings is 1. The van der Waals surface area contributed by atoms with Crippen LogP contribution in [0.5, 0.6) is 5.75 Å². The van der Waals surface area contributed by atoms with Gasteiger partial charge in [-0.1, -0.05) is 24.3 Å². The van der Waals surface area contributed by atoms with Gasteiger partial charge in [0.15, 0.2) is 0 Å². The molecule has 0 atom stereocenters. The average molecular weight is 207 g/mol. The predicted molar refractivity (Wildman–Crippen MR) is 60.8 cm³/mol. The zero-order valence-corrected chi connectivity index (χ0v) is 8.82. The molecule has 0 fully saturated rings. The highest BCUT2D eigenvalue weighted by Crippen LogP contribution is 2.16. The first-order valence-electron chi connectivity index (χ1n) is 4.98. The van der Waals surface area contributed by atoms with Crippen molar-refractivity contribution >= 4 is 0 Å². The molecule has 0 aliphatic heterocycles. The van der Waals surface area contributed by atoms with Crippen molar-refractivity contribution in [3.63, 3.8) is 0 Å². The first-order valence-corrected chi connectivity index (χ1v) is 4.98. The van der Waals surface area contributed by atoms with E-state index < -0.39 is 0 Å². The Morgan fingerprint density at radius 2 is 2.07 bits per heavy atom. The number of hydrogen-bond donors (Lipinski definition) is 1. The fourth-order valence-corrected chi connectivity index (χ4v) is 1.19. The topological polar surface area (TPSA) is 44.5 Å². The van der Waals surface area contributed by atoms with Gasteiger partial charge in [-0.3, -0.25) is 0 Å². The van der Waals surface area contributed by atoms with E-state index in [9.17, 15) is 0 Å². The largest absolute Gasteiger partial charge is 0.491 e. The quantitative estimate of drug-likeness (QED) is 0.547. The van der Waals surface area contributed by atoms with Gasteiger partial charge in [0.05, 0.1) is 13.2 Å². The molecule has 0 saturated heterocycles. The van der Waals surface area contributed by atoms with Gasteiger partial charge in [0, 0.05) is 12.1 Å². The van der Waals surface area contributed by atoms with Crippen LogP contribution in [0.2, 0.25) is 0 Å². The predicted octanol–water partition coefficient (Wildman–Crippen LogP) is 1.73. The summed E-state index contributed by atoms with van der Waals surface area (Å²) in [5.41, 5.74) is 6.59. The molecule has 0 radical (unpaired) electrons. The molecule has 3 heteroatoms. The molecule has 0 aliphatic rings. The Bertz CT molecular complexity index is 299. The number of rotatable bonds is 7. The molecule has 82 valence electrons. The van der Waals surface area contributed by atoms with E-state index in [0.717, 1.165) is 11.3 Å². The molecule has 0 amide bonds. The van der Waals surface area contributed by atoms with Crippen molar-refractivity contribution in [3.05, 3.63) is 42.5 Å². The van der Waals surface area contributed by atoms with Gasteiger partial charge >= 0.3 is 0 Å². The molecule has 0 heterocycles. The first kappa shape index (κ1) is 11.8. The van der Waals surface area contributed by atoms with Crippen LogP contribution in [-0.4, -0.2) is 19.8 Å². The molecule has 0 aliphatic carbocycles. The molecule has 1 rings (SSSR count). The average Bonchev–Trinajstić information content (AvgIpc) is 2.29. The maximum absolute atomic E-state index is 5.58. The van der Waals surface area contributed by atoms with Crippen LogP contribution in [-0.2, 0) is 11.3 Å². The fourth-order valence-electron chi connectivity index (χ4n) is 1.19. The standard InChI is InChI=1S/C12H17NO2/c1-2-7-14-8-9-15-12-6-4-3-5-11(12)10-13/h2-6H,1,7-10,13H2. The Hall–Kier alpha value is -1.32. The number of hydrogen-bond acceptors (Lipinski definition) is 3. The van der Waals surface area contributed by atoms with Crippen molar-refractivity contribution in [2.75, 3.05) is 19.8 Å². The summed E-state index contributed by atoms with van der Waals surface area (Å²) in [6, 6.07) is 7.75. The van der Waals surface area contributed by atoms with Crippen LogP contribution >= 0.6 is 0 Å². The van der Waals surface area contributed by atoms with Crippen LogP contribution in [0.1, 0.15) is 5.56 Å². The van der Waals surface area contributed by atoms with Crippen molar-refractivity contribution < 1.29 is 9.47 Å². The zero-order chi connectivity index (χ0) is 10.9. The highest BCUT2D eigenvalue weighted by Gasteiger charge is 1.99. The Morgan fingerprint density at radius 1 is 1.27 bits per heavy atom. The lowest BCUT2D eigenvalue weighted by molar-refractivity contribution is 0.120. The first-order chi connectivity index (χ1) is 7.38. The van der Waals surface area contributed by atoms with Gasteiger partial charge in [0.2, 0.25) is 0 Å². The lowest BCUT2D eigenvalue weighted by atomic mass is 10.2. The second-order valence-corrected chi connectivity index (χ2v) is 3.02. The summed E-state index contributed by atoms with van der Waals surface area (Å²) in [6.45, 7) is 5.70. The highest BCUT2D eigenvalue weighted by molar-refractivity contribution is 5.32. The van der Waals surface area contributed by atoms with E-state index in [1.165, 1.54) is 0 Å². The lowest BCUT2D eigenvalue weighted by Crippen LogP contribution is -2.08. The van der Waals surface area contributed by atoms with Gasteiger partial charge in [0.1, 0.15) is 12.4 Å². The van der Waals surface area contributed by atoms with E-state index in [-0.39, 0.29) is 0 Å². The van der Waals surface area contributed by atoms with Crippen molar-refractivity contribution in [2.45, 2.75) is 6.54 Å². The second-order valence-electron chi connectivity index (χ2n) is 3.02. The van der Waals surface area contributed by atoms with E-state index in [1.807, 2.05) is 24.3 Å².